The number of aliphatic hydroxyl groups is 1. The van der Waals surface area contributed by atoms with E-state index in [-0.39, 0.29) is 12.1 Å². The van der Waals surface area contributed by atoms with Gasteiger partial charge in [-0.05, 0) is 6.92 Å². The van der Waals surface area contributed by atoms with Gasteiger partial charge >= 0.3 is 29.2 Å². The number of phosphoric ester groups is 1. The third kappa shape index (κ3) is 5.49. The number of rotatable bonds is 8. The minimum Gasteiger partial charge on any atom is -0.388 e. The first-order chi connectivity index (χ1) is 14.1. The largest absolute Gasteiger partial charge is 0.490 e. The molecular formula is C11H18N3O14P3. The standard InChI is InChI=1S/C11H18N3O14P3/c1-5-2-14(10(17)13-8(5)16)9-11(4-12-11)7(15)6(26-9)3-25-30(21,22)28-31(23,24)27-29(18,19)20/h2,6-7,9,12,15H,3-4H2,1H3,(H,21,22)(H,23,24)(H,13,16,17)(H2,18,19,20)/t6-,7?,9?,11+/m1/s1. The lowest BCUT2D eigenvalue weighted by Gasteiger charge is -2.19. The van der Waals surface area contributed by atoms with E-state index < -0.39 is 65.3 Å². The molecule has 0 bridgehead atoms. The smallest absolute Gasteiger partial charge is 0.388 e. The maximum Gasteiger partial charge on any atom is 0.490 e. The summed E-state index contributed by atoms with van der Waals surface area (Å²) in [6.45, 7) is 0.705. The van der Waals surface area contributed by atoms with Crippen LogP contribution in [0.15, 0.2) is 15.8 Å². The topological polar surface area (TPSA) is 266 Å². The lowest BCUT2D eigenvalue weighted by molar-refractivity contribution is -0.0462. The second-order valence-electron chi connectivity index (χ2n) is 6.73. The second-order valence-corrected chi connectivity index (χ2v) is 11.2. The minimum absolute atomic E-state index is 0.171. The molecule has 0 saturated carbocycles. The van der Waals surface area contributed by atoms with Crippen LogP contribution >= 0.6 is 23.5 Å². The van der Waals surface area contributed by atoms with Crippen molar-refractivity contribution in [1.82, 2.24) is 14.9 Å². The Hall–Kier alpha value is -1.03. The highest BCUT2D eigenvalue weighted by molar-refractivity contribution is 7.66. The number of aliphatic hydroxyl groups excluding tert-OH is 1. The first kappa shape index (κ1) is 24.6. The summed E-state index contributed by atoms with van der Waals surface area (Å²) in [4.78, 5) is 61.4. The van der Waals surface area contributed by atoms with Gasteiger partial charge in [0.05, 0.1) is 6.61 Å². The highest BCUT2D eigenvalue weighted by Gasteiger charge is 2.65. The molecule has 20 heteroatoms. The summed E-state index contributed by atoms with van der Waals surface area (Å²) >= 11 is 0. The van der Waals surface area contributed by atoms with Crippen LogP contribution in [-0.4, -0.2) is 65.1 Å². The van der Waals surface area contributed by atoms with Gasteiger partial charge in [0.1, 0.15) is 17.7 Å². The molecule has 31 heavy (non-hydrogen) atoms. The van der Waals surface area contributed by atoms with E-state index in [0.717, 1.165) is 4.57 Å². The molecule has 2 saturated heterocycles. The summed E-state index contributed by atoms with van der Waals surface area (Å²) in [5.41, 5.74) is -2.47. The molecule has 0 radical (unpaired) electrons. The number of hydrogen-bond acceptors (Lipinski definition) is 11. The fraction of sp³-hybridized carbons (Fsp3) is 0.636. The monoisotopic (exact) mass is 509 g/mol. The third-order valence-electron chi connectivity index (χ3n) is 4.43. The van der Waals surface area contributed by atoms with Crippen LogP contribution in [0.2, 0.25) is 0 Å². The second kappa shape index (κ2) is 8.08. The molecule has 1 spiro atoms. The van der Waals surface area contributed by atoms with E-state index in [1.54, 1.807) is 0 Å². The summed E-state index contributed by atoms with van der Waals surface area (Å²) in [6.07, 6.45) is -2.71. The lowest BCUT2D eigenvalue weighted by atomic mass is 10.00. The first-order valence-electron chi connectivity index (χ1n) is 8.24. The van der Waals surface area contributed by atoms with Gasteiger partial charge in [-0.1, -0.05) is 0 Å². The van der Waals surface area contributed by atoms with Gasteiger partial charge in [-0.25, -0.2) is 18.5 Å². The fourth-order valence-electron chi connectivity index (χ4n) is 3.00. The van der Waals surface area contributed by atoms with Gasteiger partial charge in [0.2, 0.25) is 0 Å². The van der Waals surface area contributed by atoms with Gasteiger partial charge in [0.25, 0.3) is 5.56 Å². The number of nitrogens with one attached hydrogen (secondary N) is 2. The summed E-state index contributed by atoms with van der Waals surface area (Å²) < 4.78 is 52.0. The maximum atomic E-state index is 12.1. The van der Waals surface area contributed by atoms with E-state index in [1.165, 1.54) is 13.1 Å². The highest BCUT2D eigenvalue weighted by atomic mass is 31.3. The van der Waals surface area contributed by atoms with Gasteiger partial charge < -0.3 is 34.7 Å². The van der Waals surface area contributed by atoms with Gasteiger partial charge in [-0.15, -0.1) is 0 Å². The van der Waals surface area contributed by atoms with Crippen molar-refractivity contribution in [2.45, 2.75) is 30.9 Å². The zero-order chi connectivity index (χ0) is 23.4. The predicted molar refractivity (Wildman–Crippen MR) is 96.5 cm³/mol. The number of aromatic nitrogens is 2. The Kier molecular flexibility index (Phi) is 6.41. The van der Waals surface area contributed by atoms with Gasteiger partial charge in [0.15, 0.2) is 6.23 Å². The quantitative estimate of drug-likeness (QED) is 0.145. The van der Waals surface area contributed by atoms with E-state index in [2.05, 4.69) is 23.4 Å². The number of phosphoric acid groups is 3. The van der Waals surface area contributed by atoms with Crippen LogP contribution in [0.3, 0.4) is 0 Å². The summed E-state index contributed by atoms with van der Waals surface area (Å²) in [6, 6.07) is 0. The van der Waals surface area contributed by atoms with Crippen LogP contribution in [0.4, 0.5) is 0 Å². The molecule has 3 heterocycles. The molecule has 7 N–H and O–H groups in total. The zero-order valence-electron chi connectivity index (χ0n) is 15.4. The van der Waals surface area contributed by atoms with Gasteiger partial charge in [-0.3, -0.25) is 18.9 Å². The fourth-order valence-corrected chi connectivity index (χ4v) is 6.03. The molecule has 0 aliphatic carbocycles. The molecule has 1 aromatic heterocycles. The van der Waals surface area contributed by atoms with E-state index in [4.69, 9.17) is 19.4 Å². The third-order valence-corrected chi connectivity index (χ3v) is 8.23. The minimum atomic E-state index is -5.70. The Balaban J connectivity index is 1.73. The average Bonchev–Trinajstić information content (AvgIpc) is 3.31. The Bertz CT molecular complexity index is 1120. The number of hydrogen-bond donors (Lipinski definition) is 7. The Morgan fingerprint density at radius 3 is 2.35 bits per heavy atom. The number of aryl methyl sites for hydroxylation is 1. The molecule has 1 aromatic rings. The number of nitrogens with zero attached hydrogens (tertiary/aromatic N) is 1. The van der Waals surface area contributed by atoms with Crippen molar-refractivity contribution in [2.24, 2.45) is 0 Å². The van der Waals surface area contributed by atoms with Crippen LogP contribution in [0, 0.1) is 6.92 Å². The van der Waals surface area contributed by atoms with Crippen LogP contribution in [0.1, 0.15) is 11.8 Å². The molecule has 0 amide bonds. The van der Waals surface area contributed by atoms with Crippen molar-refractivity contribution in [2.75, 3.05) is 13.2 Å². The number of aromatic amines is 1. The molecule has 2 fully saturated rings. The number of H-pyrrole nitrogens is 1. The van der Waals surface area contributed by atoms with Crippen molar-refractivity contribution in [3.05, 3.63) is 32.6 Å². The molecule has 0 aromatic carbocycles. The van der Waals surface area contributed by atoms with Gasteiger partial charge in [0, 0.05) is 18.3 Å². The van der Waals surface area contributed by atoms with Crippen LogP contribution in [0.5, 0.6) is 0 Å². The van der Waals surface area contributed by atoms with Crippen molar-refractivity contribution < 1.29 is 56.3 Å². The molecule has 2 aliphatic heterocycles. The summed E-state index contributed by atoms with van der Waals surface area (Å²) in [5, 5.41) is 13.3. The maximum absolute atomic E-state index is 12.1. The Labute approximate surface area is 172 Å². The summed E-state index contributed by atoms with van der Waals surface area (Å²) in [5.74, 6) is 0. The van der Waals surface area contributed by atoms with E-state index in [0.29, 0.717) is 0 Å². The zero-order valence-corrected chi connectivity index (χ0v) is 18.1. The van der Waals surface area contributed by atoms with Crippen molar-refractivity contribution in [3.8, 4) is 0 Å². The van der Waals surface area contributed by atoms with Crippen LogP contribution in [0.25, 0.3) is 0 Å². The molecule has 2 aliphatic rings. The van der Waals surface area contributed by atoms with Gasteiger partial charge in [-0.2, -0.15) is 8.62 Å². The molecular weight excluding hydrogens is 491 g/mol. The molecule has 6 atom stereocenters. The molecule has 3 rings (SSSR count). The molecule has 4 unspecified atom stereocenters. The Morgan fingerprint density at radius 1 is 1.19 bits per heavy atom. The highest BCUT2D eigenvalue weighted by Crippen LogP contribution is 2.66. The van der Waals surface area contributed by atoms with E-state index in [1.807, 2.05) is 0 Å². The van der Waals surface area contributed by atoms with Crippen molar-refractivity contribution >= 4 is 23.5 Å². The predicted octanol–water partition coefficient (Wildman–Crippen LogP) is -2.21. The number of ether oxygens (including phenoxy) is 1. The summed E-state index contributed by atoms with van der Waals surface area (Å²) in [7, 11) is -16.7. The molecule has 17 nitrogen and oxygen atoms in total. The van der Waals surface area contributed by atoms with Crippen LogP contribution < -0.4 is 16.6 Å². The average molecular weight is 509 g/mol. The van der Waals surface area contributed by atoms with Crippen LogP contribution in [-0.2, 0) is 31.6 Å². The van der Waals surface area contributed by atoms with E-state index in [9.17, 15) is 33.3 Å². The lowest BCUT2D eigenvalue weighted by Crippen LogP contribution is -2.42. The molecule has 176 valence electrons. The van der Waals surface area contributed by atoms with E-state index >= 15 is 0 Å². The van der Waals surface area contributed by atoms with Crippen molar-refractivity contribution in [1.29, 1.82) is 0 Å². The SMILES string of the molecule is Cc1cn(C2O[C@H](COP(=O)(O)OP(=O)(O)OP(=O)(O)O)C(O)[C@@]23CN3)c(=O)[nH]c1=O. The normalized spacial score (nSPS) is 32.0. The Morgan fingerprint density at radius 2 is 1.81 bits per heavy atom. The van der Waals surface area contributed by atoms with Crippen molar-refractivity contribution in [3.63, 3.8) is 0 Å². The first-order valence-corrected chi connectivity index (χ1v) is 12.8.